The Kier molecular flexibility index (Phi) is 17.4. The van der Waals surface area contributed by atoms with Crippen molar-refractivity contribution in [3.05, 3.63) is 0 Å². The predicted molar refractivity (Wildman–Crippen MR) is 219 cm³/mol. The molecule has 0 heterocycles. The van der Waals surface area contributed by atoms with Crippen LogP contribution in [-0.2, 0) is 9.53 Å². The van der Waals surface area contributed by atoms with Crippen molar-refractivity contribution in [2.45, 2.75) is 230 Å². The summed E-state index contributed by atoms with van der Waals surface area (Å²) in [7, 11) is 0. The van der Waals surface area contributed by atoms with E-state index in [4.69, 9.17) is 4.74 Å². The van der Waals surface area contributed by atoms with Crippen LogP contribution in [0.4, 0.5) is 0 Å². The fourth-order valence-electron chi connectivity index (χ4n) is 12.2. The van der Waals surface area contributed by atoms with Gasteiger partial charge in [0, 0.05) is 22.0 Å². The molecule has 0 N–H and O–H groups in total. The zero-order valence-electron chi connectivity index (χ0n) is 33.3. The molecule has 10 unspecified atom stereocenters. The second-order valence-corrected chi connectivity index (χ2v) is 21.5. The Labute approximate surface area is 322 Å². The lowest BCUT2D eigenvalue weighted by molar-refractivity contribution is -0.158. The SMILES string of the molecule is CCCCCCCCCCCCCCCCCC(=O)OC1CCC2(C)C3CCC4(C)C(C(C)CCCC(C)C)CCC4C3CC(Br)C2(Br)C1. The molecule has 0 amide bonds. The molecule has 4 saturated carbocycles. The highest BCUT2D eigenvalue weighted by Gasteiger charge is 2.67. The van der Waals surface area contributed by atoms with Gasteiger partial charge in [0.1, 0.15) is 6.10 Å². The average molecular weight is 813 g/mol. The highest BCUT2D eigenvalue weighted by atomic mass is 79.9. The van der Waals surface area contributed by atoms with E-state index in [1.54, 1.807) is 0 Å². The Hall–Kier alpha value is 0.430. The molecule has 4 heteroatoms. The summed E-state index contributed by atoms with van der Waals surface area (Å²) in [6.45, 7) is 15.0. The molecule has 2 nitrogen and oxygen atoms in total. The Morgan fingerprint density at radius 3 is 1.92 bits per heavy atom. The van der Waals surface area contributed by atoms with Crippen molar-refractivity contribution in [2.75, 3.05) is 0 Å². The van der Waals surface area contributed by atoms with E-state index in [2.05, 4.69) is 73.4 Å². The summed E-state index contributed by atoms with van der Waals surface area (Å²) in [5.74, 6) is 5.13. The first-order chi connectivity index (χ1) is 23.5. The summed E-state index contributed by atoms with van der Waals surface area (Å²) in [4.78, 5) is 13.4. The molecule has 0 saturated heterocycles. The first kappa shape index (κ1) is 42.2. The van der Waals surface area contributed by atoms with Crippen molar-refractivity contribution in [1.82, 2.24) is 0 Å². The first-order valence-corrected chi connectivity index (χ1v) is 23.7. The highest BCUT2D eigenvalue weighted by molar-refractivity contribution is 9.12. The molecular weight excluding hydrogens is 732 g/mol. The minimum atomic E-state index is 0.00881. The van der Waals surface area contributed by atoms with Crippen molar-refractivity contribution < 1.29 is 9.53 Å². The zero-order chi connectivity index (χ0) is 35.5. The summed E-state index contributed by atoms with van der Waals surface area (Å²) in [6, 6.07) is 0. The maximum absolute atomic E-state index is 13.0. The number of hydrogen-bond donors (Lipinski definition) is 0. The average Bonchev–Trinajstić information content (AvgIpc) is 3.41. The maximum atomic E-state index is 13.0. The van der Waals surface area contributed by atoms with E-state index >= 15 is 0 Å². The van der Waals surface area contributed by atoms with Crippen LogP contribution in [-0.4, -0.2) is 21.2 Å². The number of esters is 1. The molecule has 0 aromatic heterocycles. The van der Waals surface area contributed by atoms with Gasteiger partial charge >= 0.3 is 5.97 Å². The molecule has 0 bridgehead atoms. The minimum absolute atomic E-state index is 0.00881. The smallest absolute Gasteiger partial charge is 0.306 e. The lowest BCUT2D eigenvalue weighted by Crippen LogP contribution is -2.64. The van der Waals surface area contributed by atoms with E-state index in [0.717, 1.165) is 54.8 Å². The normalized spacial score (nSPS) is 36.3. The van der Waals surface area contributed by atoms with Crippen molar-refractivity contribution >= 4 is 37.8 Å². The minimum Gasteiger partial charge on any atom is -0.462 e. The number of fused-ring (bicyclic) bond motifs is 5. The van der Waals surface area contributed by atoms with Gasteiger partial charge in [-0.25, -0.2) is 0 Å². The van der Waals surface area contributed by atoms with Crippen LogP contribution in [0.15, 0.2) is 0 Å². The van der Waals surface area contributed by atoms with Crippen LogP contribution in [0, 0.1) is 46.3 Å². The van der Waals surface area contributed by atoms with Crippen LogP contribution in [0.1, 0.15) is 215 Å². The third-order valence-corrected chi connectivity index (χ3v) is 18.7. The molecule has 10 atom stereocenters. The largest absolute Gasteiger partial charge is 0.462 e. The number of rotatable bonds is 22. The number of unbranched alkanes of at least 4 members (excludes halogenated alkanes) is 14. The van der Waals surface area contributed by atoms with Gasteiger partial charge in [-0.2, -0.15) is 0 Å². The first-order valence-electron chi connectivity index (χ1n) is 22.0. The highest BCUT2D eigenvalue weighted by Crippen LogP contribution is 2.71. The summed E-state index contributed by atoms with van der Waals surface area (Å²) in [5.41, 5.74) is 0.775. The number of carbonyl (C=O) groups excluding carboxylic acids is 1. The topological polar surface area (TPSA) is 26.3 Å². The fourth-order valence-corrected chi connectivity index (χ4v) is 14.3. The standard InChI is InChI=1S/C45H80Br2O2/c1-7-8-9-10-11-12-13-14-15-16-17-18-19-20-21-25-42(48)49-36-28-31-44(6)40-29-30-43(5)38(35(4)24-22-23-34(2)3)26-27-39(43)37(40)32-41(46)45(44,47)33-36/h34-41H,7-33H2,1-6H3. The summed E-state index contributed by atoms with van der Waals surface area (Å²) in [6.07, 6.45) is 35.3. The summed E-state index contributed by atoms with van der Waals surface area (Å²) in [5, 5.41) is 0. The number of halogens is 2. The Morgan fingerprint density at radius 1 is 0.735 bits per heavy atom. The lowest BCUT2D eigenvalue weighted by Gasteiger charge is -2.66. The maximum Gasteiger partial charge on any atom is 0.306 e. The van der Waals surface area contributed by atoms with Crippen LogP contribution < -0.4 is 0 Å². The molecule has 286 valence electrons. The summed E-state index contributed by atoms with van der Waals surface area (Å²) >= 11 is 8.73. The lowest BCUT2D eigenvalue weighted by atomic mass is 9.44. The fraction of sp³-hybridized carbons (Fsp3) is 0.978. The number of alkyl halides is 2. The molecule has 49 heavy (non-hydrogen) atoms. The molecule has 0 aromatic carbocycles. The number of hydrogen-bond acceptors (Lipinski definition) is 2. The Balaban J connectivity index is 1.15. The second kappa shape index (κ2) is 20.2. The van der Waals surface area contributed by atoms with Crippen molar-refractivity contribution in [1.29, 1.82) is 0 Å². The molecule has 4 aliphatic carbocycles. The van der Waals surface area contributed by atoms with E-state index in [0.29, 0.717) is 16.7 Å². The van der Waals surface area contributed by atoms with E-state index in [1.807, 2.05) is 0 Å². The quantitative estimate of drug-likeness (QED) is 0.0618. The van der Waals surface area contributed by atoms with Crippen molar-refractivity contribution in [2.24, 2.45) is 46.3 Å². The van der Waals surface area contributed by atoms with E-state index in [1.165, 1.54) is 148 Å². The predicted octanol–water partition coefficient (Wildman–Crippen LogP) is 15.2. The van der Waals surface area contributed by atoms with Gasteiger partial charge in [0.05, 0.1) is 0 Å². The Morgan fingerprint density at radius 2 is 1.33 bits per heavy atom. The van der Waals surface area contributed by atoms with Gasteiger partial charge in [-0.1, -0.05) is 183 Å². The van der Waals surface area contributed by atoms with Crippen LogP contribution in [0.25, 0.3) is 0 Å². The van der Waals surface area contributed by atoms with Crippen LogP contribution in [0.3, 0.4) is 0 Å². The van der Waals surface area contributed by atoms with Gasteiger partial charge in [0.15, 0.2) is 0 Å². The summed E-state index contributed by atoms with van der Waals surface area (Å²) < 4.78 is 6.25. The van der Waals surface area contributed by atoms with Crippen molar-refractivity contribution in [3.63, 3.8) is 0 Å². The number of carbonyl (C=O) groups is 1. The van der Waals surface area contributed by atoms with Gasteiger partial charge < -0.3 is 4.74 Å². The third kappa shape index (κ3) is 10.8. The second-order valence-electron chi connectivity index (χ2n) is 18.9. The van der Waals surface area contributed by atoms with Gasteiger partial charge in [-0.15, -0.1) is 0 Å². The van der Waals surface area contributed by atoms with E-state index < -0.39 is 0 Å². The molecule has 0 aliphatic heterocycles. The molecular formula is C45H80Br2O2. The van der Waals surface area contributed by atoms with Crippen LogP contribution >= 0.6 is 31.9 Å². The molecule has 0 spiro atoms. The van der Waals surface area contributed by atoms with E-state index in [-0.39, 0.29) is 21.8 Å². The van der Waals surface area contributed by atoms with Crippen molar-refractivity contribution in [3.8, 4) is 0 Å². The molecule has 0 radical (unpaired) electrons. The monoisotopic (exact) mass is 810 g/mol. The van der Waals surface area contributed by atoms with Crippen LogP contribution in [0.5, 0.6) is 0 Å². The number of ether oxygens (including phenoxy) is 1. The molecule has 4 rings (SSSR count). The molecule has 0 aromatic rings. The van der Waals surface area contributed by atoms with E-state index in [9.17, 15) is 4.79 Å². The molecule has 4 fully saturated rings. The van der Waals surface area contributed by atoms with Crippen LogP contribution in [0.2, 0.25) is 0 Å². The van der Waals surface area contributed by atoms with Gasteiger partial charge in [0.2, 0.25) is 0 Å². The van der Waals surface area contributed by atoms with Gasteiger partial charge in [-0.3, -0.25) is 4.79 Å². The zero-order valence-corrected chi connectivity index (χ0v) is 36.5. The Bertz CT molecular complexity index is 968. The van der Waals surface area contributed by atoms with Gasteiger partial charge in [0.25, 0.3) is 0 Å². The molecule has 4 aliphatic rings. The van der Waals surface area contributed by atoms with Gasteiger partial charge in [-0.05, 0) is 97.7 Å². The third-order valence-electron chi connectivity index (χ3n) is 15.2.